The number of hydrogen-bond donors (Lipinski definition) is 3. The molecule has 0 bridgehead atoms. The van der Waals surface area contributed by atoms with E-state index in [2.05, 4.69) is 10.3 Å². The number of nitrogens with one attached hydrogen (secondary N) is 2. The highest BCUT2D eigenvalue weighted by Crippen LogP contribution is 2.19. The van der Waals surface area contributed by atoms with Gasteiger partial charge in [-0.15, -0.1) is 0 Å². The van der Waals surface area contributed by atoms with Gasteiger partial charge in [-0.3, -0.25) is 19.2 Å². The summed E-state index contributed by atoms with van der Waals surface area (Å²) in [6.07, 6.45) is 3.87. The van der Waals surface area contributed by atoms with E-state index in [1.165, 1.54) is 9.80 Å². The van der Waals surface area contributed by atoms with Crippen molar-refractivity contribution in [2.24, 2.45) is 0 Å². The first kappa shape index (κ1) is 23.9. The highest BCUT2D eigenvalue weighted by Gasteiger charge is 2.28. The fraction of sp³-hybridized carbons (Fsp3) is 0.455. The van der Waals surface area contributed by atoms with Crippen molar-refractivity contribution in [1.82, 2.24) is 20.1 Å². The second kappa shape index (κ2) is 11.7. The molecule has 0 fully saturated rings. The molecule has 0 saturated carbocycles. The van der Waals surface area contributed by atoms with E-state index >= 15 is 0 Å². The summed E-state index contributed by atoms with van der Waals surface area (Å²) in [6, 6.07) is 6.66. The average Bonchev–Trinajstić information content (AvgIpc) is 3.14. The molecular weight excluding hydrogens is 400 g/mol. The molecular formula is C22H30N4O5. The number of nitrogens with zero attached hydrogens (tertiary/aromatic N) is 2. The second-order valence-electron chi connectivity index (χ2n) is 7.41. The molecule has 0 aliphatic rings. The van der Waals surface area contributed by atoms with Gasteiger partial charge in [-0.1, -0.05) is 32.0 Å². The number of H-pyrrole nitrogens is 1. The molecule has 1 heterocycles. The molecule has 0 radical (unpaired) electrons. The number of carbonyl (C=O) groups is 4. The number of aromatic nitrogens is 1. The molecule has 1 aromatic heterocycles. The first-order chi connectivity index (χ1) is 14.9. The van der Waals surface area contributed by atoms with Gasteiger partial charge < -0.3 is 25.2 Å². The van der Waals surface area contributed by atoms with E-state index in [0.29, 0.717) is 25.8 Å². The fourth-order valence-electron chi connectivity index (χ4n) is 3.52. The van der Waals surface area contributed by atoms with E-state index in [0.717, 1.165) is 16.5 Å². The van der Waals surface area contributed by atoms with Crippen LogP contribution in [0.15, 0.2) is 30.5 Å². The van der Waals surface area contributed by atoms with Crippen LogP contribution in [0, 0.1) is 0 Å². The van der Waals surface area contributed by atoms with Gasteiger partial charge in [-0.2, -0.15) is 0 Å². The van der Waals surface area contributed by atoms with Crippen LogP contribution in [-0.2, 0) is 25.6 Å². The SMILES string of the molecule is CCCN(C=O)CC(=O)N[C@@H](Cc1c[nH]c2ccccc12)C(=O)N(CCC)CC(=O)O. The largest absolute Gasteiger partial charge is 0.480 e. The summed E-state index contributed by atoms with van der Waals surface area (Å²) in [7, 11) is 0. The molecule has 9 nitrogen and oxygen atoms in total. The Hall–Kier alpha value is -3.36. The summed E-state index contributed by atoms with van der Waals surface area (Å²) < 4.78 is 0. The molecule has 1 aromatic carbocycles. The van der Waals surface area contributed by atoms with Crippen LogP contribution in [0.5, 0.6) is 0 Å². The number of aliphatic carboxylic acids is 1. The highest BCUT2D eigenvalue weighted by atomic mass is 16.4. The molecule has 2 aromatic rings. The third-order valence-corrected chi connectivity index (χ3v) is 4.87. The zero-order valence-corrected chi connectivity index (χ0v) is 18.0. The lowest BCUT2D eigenvalue weighted by Crippen LogP contribution is -2.52. The summed E-state index contributed by atoms with van der Waals surface area (Å²) in [4.78, 5) is 53.9. The van der Waals surface area contributed by atoms with Crippen LogP contribution in [-0.4, -0.2) is 76.3 Å². The molecule has 9 heteroatoms. The Morgan fingerprint density at radius 2 is 1.84 bits per heavy atom. The molecule has 0 aliphatic carbocycles. The maximum absolute atomic E-state index is 13.2. The fourth-order valence-corrected chi connectivity index (χ4v) is 3.52. The maximum atomic E-state index is 13.2. The molecule has 31 heavy (non-hydrogen) atoms. The lowest BCUT2D eigenvalue weighted by molar-refractivity contribution is -0.146. The molecule has 1 atom stereocenters. The molecule has 3 N–H and O–H groups in total. The van der Waals surface area contributed by atoms with Crippen LogP contribution in [0.25, 0.3) is 10.9 Å². The van der Waals surface area contributed by atoms with E-state index in [-0.39, 0.29) is 19.5 Å². The monoisotopic (exact) mass is 430 g/mol. The summed E-state index contributed by atoms with van der Waals surface area (Å²) in [6.45, 7) is 3.83. The van der Waals surface area contributed by atoms with Gasteiger partial charge in [0.1, 0.15) is 12.6 Å². The number of para-hydroxylation sites is 1. The van der Waals surface area contributed by atoms with Crippen LogP contribution in [0.3, 0.4) is 0 Å². The van der Waals surface area contributed by atoms with E-state index < -0.39 is 30.4 Å². The smallest absolute Gasteiger partial charge is 0.323 e. The van der Waals surface area contributed by atoms with E-state index in [1.54, 1.807) is 6.20 Å². The summed E-state index contributed by atoms with van der Waals surface area (Å²) in [5, 5.41) is 12.8. The van der Waals surface area contributed by atoms with Crippen LogP contribution in [0.4, 0.5) is 0 Å². The minimum Gasteiger partial charge on any atom is -0.480 e. The number of amides is 3. The minimum atomic E-state index is -1.12. The van der Waals surface area contributed by atoms with Gasteiger partial charge in [0.05, 0.1) is 6.54 Å². The van der Waals surface area contributed by atoms with E-state index in [4.69, 9.17) is 0 Å². The molecule has 0 aliphatic heterocycles. The van der Waals surface area contributed by atoms with Crippen LogP contribution < -0.4 is 5.32 Å². The van der Waals surface area contributed by atoms with Crippen molar-refractivity contribution in [3.8, 4) is 0 Å². The molecule has 2 rings (SSSR count). The van der Waals surface area contributed by atoms with Crippen molar-refractivity contribution in [1.29, 1.82) is 0 Å². The third-order valence-electron chi connectivity index (χ3n) is 4.87. The highest BCUT2D eigenvalue weighted by molar-refractivity contribution is 5.91. The average molecular weight is 431 g/mol. The molecule has 3 amide bonds. The number of hydrogen-bond acceptors (Lipinski definition) is 4. The number of fused-ring (bicyclic) bond motifs is 1. The number of benzene rings is 1. The third kappa shape index (κ3) is 6.84. The number of carboxylic acids is 1. The van der Waals surface area contributed by atoms with Crippen LogP contribution in [0.2, 0.25) is 0 Å². The molecule has 168 valence electrons. The van der Waals surface area contributed by atoms with Gasteiger partial charge in [-0.05, 0) is 24.5 Å². The summed E-state index contributed by atoms with van der Waals surface area (Å²) >= 11 is 0. The number of rotatable bonds is 13. The predicted octanol–water partition coefficient (Wildman–Crippen LogP) is 1.39. The summed E-state index contributed by atoms with van der Waals surface area (Å²) in [5.41, 5.74) is 1.74. The zero-order valence-electron chi connectivity index (χ0n) is 18.0. The number of carboxylic acid groups (broad SMARTS) is 1. The Balaban J connectivity index is 2.26. The Bertz CT molecular complexity index is 910. The summed E-state index contributed by atoms with van der Waals surface area (Å²) in [5.74, 6) is -2.05. The van der Waals surface area contributed by atoms with Gasteiger partial charge >= 0.3 is 5.97 Å². The Morgan fingerprint density at radius 1 is 1.13 bits per heavy atom. The minimum absolute atomic E-state index is 0.165. The lowest BCUT2D eigenvalue weighted by Gasteiger charge is -2.27. The first-order valence-electron chi connectivity index (χ1n) is 10.4. The van der Waals surface area contributed by atoms with Crippen LogP contribution in [0.1, 0.15) is 32.3 Å². The van der Waals surface area contributed by atoms with Crippen molar-refractivity contribution in [2.75, 3.05) is 26.2 Å². The van der Waals surface area contributed by atoms with Gasteiger partial charge in [0.2, 0.25) is 18.2 Å². The van der Waals surface area contributed by atoms with Crippen molar-refractivity contribution < 1.29 is 24.3 Å². The Morgan fingerprint density at radius 3 is 2.48 bits per heavy atom. The maximum Gasteiger partial charge on any atom is 0.323 e. The zero-order chi connectivity index (χ0) is 22.8. The molecule has 0 saturated heterocycles. The van der Waals surface area contributed by atoms with Gasteiger partial charge in [0.25, 0.3) is 0 Å². The predicted molar refractivity (Wildman–Crippen MR) is 116 cm³/mol. The van der Waals surface area contributed by atoms with E-state index in [1.807, 2.05) is 38.1 Å². The second-order valence-corrected chi connectivity index (χ2v) is 7.41. The quantitative estimate of drug-likeness (QED) is 0.415. The van der Waals surface area contributed by atoms with Crippen molar-refractivity contribution in [2.45, 2.75) is 39.2 Å². The van der Waals surface area contributed by atoms with E-state index in [9.17, 15) is 24.3 Å². The number of carbonyl (C=O) groups excluding carboxylic acids is 3. The topological polar surface area (TPSA) is 123 Å². The van der Waals surface area contributed by atoms with Crippen molar-refractivity contribution >= 4 is 35.1 Å². The van der Waals surface area contributed by atoms with Crippen molar-refractivity contribution in [3.05, 3.63) is 36.0 Å². The first-order valence-corrected chi connectivity index (χ1v) is 10.4. The Kier molecular flexibility index (Phi) is 9.05. The number of aromatic amines is 1. The lowest BCUT2D eigenvalue weighted by atomic mass is 10.0. The molecule has 0 spiro atoms. The van der Waals surface area contributed by atoms with Gasteiger partial charge in [-0.25, -0.2) is 0 Å². The standard InChI is InChI=1S/C22H30N4O5/c1-3-9-25(15-27)13-20(28)24-19(22(31)26(10-4-2)14-21(29)30)11-16-12-23-18-8-6-5-7-17(16)18/h5-8,12,15,19,23H,3-4,9-11,13-14H2,1-2H3,(H,24,28)(H,29,30)/t19-/m0/s1. The van der Waals surface area contributed by atoms with Gasteiger partial charge in [0.15, 0.2) is 0 Å². The van der Waals surface area contributed by atoms with Crippen molar-refractivity contribution in [3.63, 3.8) is 0 Å². The van der Waals surface area contributed by atoms with Crippen LogP contribution >= 0.6 is 0 Å². The normalized spacial score (nSPS) is 11.7. The Labute approximate surface area is 181 Å². The van der Waals surface area contributed by atoms with Gasteiger partial charge in [0, 0.05) is 36.6 Å². The molecule has 0 unspecified atom stereocenters.